The van der Waals surface area contributed by atoms with Gasteiger partial charge in [-0.25, -0.2) is 4.98 Å². The van der Waals surface area contributed by atoms with Gasteiger partial charge in [-0.15, -0.1) is 0 Å². The van der Waals surface area contributed by atoms with Crippen LogP contribution in [0, 0.1) is 13.8 Å². The maximum atomic E-state index is 12.8. The molecular weight excluding hydrogens is 364 g/mol. The van der Waals surface area contributed by atoms with E-state index in [1.165, 1.54) is 17.3 Å². The van der Waals surface area contributed by atoms with Gasteiger partial charge in [-0.1, -0.05) is 60.3 Å². The normalized spacial score (nSPS) is 12.2. The van der Waals surface area contributed by atoms with E-state index in [2.05, 4.69) is 36.5 Å². The summed E-state index contributed by atoms with van der Waals surface area (Å²) >= 11 is 1.50. The number of anilines is 1. The highest BCUT2D eigenvalue weighted by atomic mass is 32.2. The highest BCUT2D eigenvalue weighted by Crippen LogP contribution is 2.29. The third-order valence-corrected chi connectivity index (χ3v) is 6.03. The Morgan fingerprint density at radius 1 is 0.964 bits per heavy atom. The van der Waals surface area contributed by atoms with Crippen LogP contribution in [0.1, 0.15) is 18.1 Å². The van der Waals surface area contributed by atoms with E-state index < -0.39 is 0 Å². The van der Waals surface area contributed by atoms with Gasteiger partial charge in [0, 0.05) is 16.5 Å². The fourth-order valence-electron chi connectivity index (χ4n) is 3.27. The maximum Gasteiger partial charge on any atom is 0.237 e. The first-order chi connectivity index (χ1) is 13.5. The number of carbonyl (C=O) groups excluding carboxylic acids is 1. The van der Waals surface area contributed by atoms with Crippen LogP contribution in [0.25, 0.3) is 21.7 Å². The number of rotatable bonds is 4. The summed E-state index contributed by atoms with van der Waals surface area (Å²) in [6, 6.07) is 22.4. The smallest absolute Gasteiger partial charge is 0.237 e. The lowest BCUT2D eigenvalue weighted by atomic mass is 10.1. The Bertz CT molecular complexity index is 1180. The molecule has 0 bridgehead atoms. The molecule has 0 saturated carbocycles. The number of aromatic nitrogens is 1. The average molecular weight is 387 g/mol. The number of hydrogen-bond acceptors (Lipinski definition) is 3. The van der Waals surface area contributed by atoms with Gasteiger partial charge in [-0.2, -0.15) is 0 Å². The van der Waals surface area contributed by atoms with Crippen molar-refractivity contribution in [3.63, 3.8) is 0 Å². The first kappa shape index (κ1) is 18.5. The molecule has 4 rings (SSSR count). The molecule has 0 spiro atoms. The van der Waals surface area contributed by atoms with E-state index in [0.717, 1.165) is 38.0 Å². The molecule has 1 heterocycles. The Balaban J connectivity index is 1.56. The zero-order valence-electron chi connectivity index (χ0n) is 16.2. The average Bonchev–Trinajstić information content (AvgIpc) is 2.69. The van der Waals surface area contributed by atoms with E-state index in [9.17, 15) is 4.79 Å². The predicted molar refractivity (Wildman–Crippen MR) is 119 cm³/mol. The Morgan fingerprint density at radius 2 is 1.75 bits per heavy atom. The molecule has 3 aromatic carbocycles. The Hall–Kier alpha value is -2.85. The topological polar surface area (TPSA) is 42.0 Å². The van der Waals surface area contributed by atoms with E-state index in [1.807, 2.05) is 56.3 Å². The van der Waals surface area contributed by atoms with Gasteiger partial charge in [0.1, 0.15) is 5.03 Å². The summed E-state index contributed by atoms with van der Waals surface area (Å²) < 4.78 is 0. The van der Waals surface area contributed by atoms with Gasteiger partial charge in [0.2, 0.25) is 5.91 Å². The summed E-state index contributed by atoms with van der Waals surface area (Å²) in [5.41, 5.74) is 4.08. The first-order valence-corrected chi connectivity index (χ1v) is 10.2. The highest BCUT2D eigenvalue weighted by Gasteiger charge is 2.18. The molecule has 1 aromatic heterocycles. The monoisotopic (exact) mass is 386 g/mol. The molecule has 0 aliphatic rings. The molecule has 3 nitrogen and oxygen atoms in total. The van der Waals surface area contributed by atoms with Crippen LogP contribution >= 0.6 is 11.8 Å². The van der Waals surface area contributed by atoms with Crippen molar-refractivity contribution < 1.29 is 4.79 Å². The van der Waals surface area contributed by atoms with Crippen molar-refractivity contribution in [3.05, 3.63) is 77.9 Å². The summed E-state index contributed by atoms with van der Waals surface area (Å²) in [6.07, 6.45) is 0. The predicted octanol–water partition coefficient (Wildman–Crippen LogP) is 6.12. The molecule has 0 radical (unpaired) electrons. The Labute approximate surface area is 169 Å². The number of nitrogens with one attached hydrogen (secondary N) is 1. The third kappa shape index (κ3) is 3.73. The summed E-state index contributed by atoms with van der Waals surface area (Å²) in [5, 5.41) is 7.01. The second-order valence-corrected chi connectivity index (χ2v) is 8.41. The number of nitrogens with zero attached hydrogens (tertiary/aromatic N) is 1. The molecule has 1 N–H and O–H groups in total. The number of benzene rings is 3. The van der Waals surface area contributed by atoms with Gasteiger partial charge >= 0.3 is 0 Å². The summed E-state index contributed by atoms with van der Waals surface area (Å²) in [7, 11) is 0. The summed E-state index contributed by atoms with van der Waals surface area (Å²) in [5.74, 6) is -0.0214. The van der Waals surface area contributed by atoms with Gasteiger partial charge < -0.3 is 5.32 Å². The number of aryl methyl sites for hydroxylation is 2. The van der Waals surface area contributed by atoms with Crippen LogP contribution in [0.2, 0.25) is 0 Å². The van der Waals surface area contributed by atoms with Crippen LogP contribution in [0.15, 0.2) is 71.8 Å². The number of amides is 1. The summed E-state index contributed by atoms with van der Waals surface area (Å²) in [6.45, 7) is 6.03. The zero-order chi connectivity index (χ0) is 19.7. The molecule has 4 aromatic rings. The van der Waals surface area contributed by atoms with Crippen molar-refractivity contribution in [1.29, 1.82) is 0 Å². The van der Waals surface area contributed by atoms with Gasteiger partial charge in [0.15, 0.2) is 0 Å². The van der Waals surface area contributed by atoms with Gasteiger partial charge in [-0.05, 0) is 55.5 Å². The lowest BCUT2D eigenvalue weighted by Crippen LogP contribution is -2.22. The minimum Gasteiger partial charge on any atom is -0.325 e. The fourth-order valence-corrected chi connectivity index (χ4v) is 4.17. The van der Waals surface area contributed by atoms with Crippen LogP contribution in [0.3, 0.4) is 0 Å². The van der Waals surface area contributed by atoms with Gasteiger partial charge in [-0.3, -0.25) is 4.79 Å². The van der Waals surface area contributed by atoms with Crippen molar-refractivity contribution in [1.82, 2.24) is 4.98 Å². The second kappa shape index (κ2) is 7.64. The standard InChI is InChI=1S/C24H22N2OS/c1-15-11-12-19-14-16(2)24(26-22(19)13-15)28-17(3)23(27)25-21-10-6-8-18-7-4-5-9-20(18)21/h4-14,17H,1-3H3,(H,25,27). The van der Waals surface area contributed by atoms with Crippen LogP contribution in [0.5, 0.6) is 0 Å². The van der Waals surface area contributed by atoms with E-state index in [4.69, 9.17) is 4.98 Å². The Morgan fingerprint density at radius 3 is 2.61 bits per heavy atom. The van der Waals surface area contributed by atoms with E-state index in [-0.39, 0.29) is 11.2 Å². The second-order valence-electron chi connectivity index (χ2n) is 7.08. The fraction of sp³-hybridized carbons (Fsp3) is 0.167. The number of thioether (sulfide) groups is 1. The highest BCUT2D eigenvalue weighted by molar-refractivity contribution is 8.00. The van der Waals surface area contributed by atoms with E-state index in [1.54, 1.807) is 0 Å². The van der Waals surface area contributed by atoms with Crippen molar-refractivity contribution >= 4 is 45.0 Å². The van der Waals surface area contributed by atoms with Crippen molar-refractivity contribution in [2.24, 2.45) is 0 Å². The maximum absolute atomic E-state index is 12.8. The Kier molecular flexibility index (Phi) is 5.05. The van der Waals surface area contributed by atoms with Crippen LogP contribution in [-0.2, 0) is 4.79 Å². The minimum atomic E-state index is -0.257. The molecule has 28 heavy (non-hydrogen) atoms. The van der Waals surface area contributed by atoms with Gasteiger partial charge in [0.25, 0.3) is 0 Å². The van der Waals surface area contributed by atoms with Crippen LogP contribution in [-0.4, -0.2) is 16.1 Å². The molecule has 0 fully saturated rings. The minimum absolute atomic E-state index is 0.0214. The summed E-state index contributed by atoms with van der Waals surface area (Å²) in [4.78, 5) is 17.6. The SMILES string of the molecule is Cc1ccc2cc(C)c(SC(C)C(=O)Nc3cccc4ccccc34)nc2c1. The van der Waals surface area contributed by atoms with E-state index in [0.29, 0.717) is 0 Å². The molecule has 0 aliphatic heterocycles. The quantitative estimate of drug-likeness (QED) is 0.429. The van der Waals surface area contributed by atoms with E-state index >= 15 is 0 Å². The number of fused-ring (bicyclic) bond motifs is 2. The van der Waals surface area contributed by atoms with Gasteiger partial charge in [0.05, 0.1) is 10.8 Å². The zero-order valence-corrected chi connectivity index (χ0v) is 17.0. The molecule has 4 heteroatoms. The molecule has 140 valence electrons. The van der Waals surface area contributed by atoms with Crippen LogP contribution in [0.4, 0.5) is 5.69 Å². The lowest BCUT2D eigenvalue weighted by molar-refractivity contribution is -0.115. The molecular formula is C24H22N2OS. The van der Waals surface area contributed by atoms with Crippen molar-refractivity contribution in [3.8, 4) is 0 Å². The molecule has 0 aliphatic carbocycles. The number of carbonyl (C=O) groups is 1. The lowest BCUT2D eigenvalue weighted by Gasteiger charge is -2.15. The molecule has 1 atom stereocenters. The van der Waals surface area contributed by atoms with Crippen molar-refractivity contribution in [2.75, 3.05) is 5.32 Å². The molecule has 0 saturated heterocycles. The first-order valence-electron chi connectivity index (χ1n) is 9.34. The van der Waals surface area contributed by atoms with Crippen LogP contribution < -0.4 is 5.32 Å². The third-order valence-electron chi connectivity index (χ3n) is 4.82. The largest absolute Gasteiger partial charge is 0.325 e. The number of pyridine rings is 1. The number of hydrogen-bond donors (Lipinski definition) is 1. The molecule has 1 unspecified atom stereocenters. The van der Waals surface area contributed by atoms with Crippen molar-refractivity contribution in [2.45, 2.75) is 31.0 Å². The molecule has 1 amide bonds.